The van der Waals surface area contributed by atoms with Gasteiger partial charge in [0.05, 0.1) is 0 Å². The summed E-state index contributed by atoms with van der Waals surface area (Å²) in [5.74, 6) is 0.797. The Morgan fingerprint density at radius 3 is 1.88 bits per heavy atom. The lowest BCUT2D eigenvalue weighted by atomic mass is 10.1. The Balaban J connectivity index is 2.46. The van der Waals surface area contributed by atoms with Crippen LogP contribution in [0.3, 0.4) is 0 Å². The molecule has 1 rings (SSSR count). The van der Waals surface area contributed by atoms with E-state index >= 15 is 0 Å². The Morgan fingerprint density at radius 2 is 1.50 bits per heavy atom. The number of nitrogens with one attached hydrogen (secondary N) is 1. The molecule has 0 spiro atoms. The largest absolute Gasteiger partial charge is 0.319 e. The van der Waals surface area contributed by atoms with E-state index in [9.17, 15) is 0 Å². The van der Waals surface area contributed by atoms with E-state index in [4.69, 9.17) is 0 Å². The molecule has 1 heterocycles. The van der Waals surface area contributed by atoms with Gasteiger partial charge in [-0.05, 0) is 38.9 Å². The molecule has 1 aliphatic rings. The highest BCUT2D eigenvalue weighted by Gasteiger charge is 2.21. The van der Waals surface area contributed by atoms with E-state index in [1.807, 2.05) is 0 Å². The van der Waals surface area contributed by atoms with Gasteiger partial charge in [0.2, 0.25) is 0 Å². The fourth-order valence-electron chi connectivity index (χ4n) is 2.71. The summed E-state index contributed by atoms with van der Waals surface area (Å²) < 4.78 is 0. The molecule has 0 unspecified atom stereocenters. The summed E-state index contributed by atoms with van der Waals surface area (Å²) in [5, 5.41) is 3.34. The second-order valence-electron chi connectivity index (χ2n) is 5.02. The summed E-state index contributed by atoms with van der Waals surface area (Å²) in [5.41, 5.74) is 0. The van der Waals surface area contributed by atoms with Gasteiger partial charge < -0.3 is 15.1 Å². The Bertz CT molecular complexity index is 157. The zero-order chi connectivity index (χ0) is 11.8. The summed E-state index contributed by atoms with van der Waals surface area (Å²) in [6, 6.07) is 0. The summed E-state index contributed by atoms with van der Waals surface area (Å²) in [6.45, 7) is 13.3. The summed E-state index contributed by atoms with van der Waals surface area (Å²) in [6.07, 6.45) is 2.56. The van der Waals surface area contributed by atoms with Gasteiger partial charge in [-0.25, -0.2) is 0 Å². The third-order valence-electron chi connectivity index (χ3n) is 3.34. The minimum absolute atomic E-state index is 0.797. The van der Waals surface area contributed by atoms with E-state index in [-0.39, 0.29) is 0 Å². The number of hydrogen-bond acceptors (Lipinski definition) is 3. The van der Waals surface area contributed by atoms with Gasteiger partial charge in [0.15, 0.2) is 0 Å². The molecule has 16 heavy (non-hydrogen) atoms. The Morgan fingerprint density at radius 1 is 1.00 bits per heavy atom. The Labute approximate surface area is 101 Å². The van der Waals surface area contributed by atoms with Crippen LogP contribution < -0.4 is 5.32 Å². The minimum Gasteiger partial charge on any atom is -0.319 e. The maximum atomic E-state index is 3.34. The van der Waals surface area contributed by atoms with Crippen LogP contribution in [0, 0.1) is 5.92 Å². The predicted octanol–water partition coefficient (Wildman–Crippen LogP) is 1.26. The number of nitrogens with zero attached hydrogens (tertiary/aromatic N) is 2. The predicted molar refractivity (Wildman–Crippen MR) is 70.9 cm³/mol. The van der Waals surface area contributed by atoms with Gasteiger partial charge in [0.25, 0.3) is 0 Å². The highest BCUT2D eigenvalue weighted by atomic mass is 15.2. The fraction of sp³-hybridized carbons (Fsp3) is 1.00. The van der Waals surface area contributed by atoms with E-state index in [0.29, 0.717) is 0 Å². The maximum absolute atomic E-state index is 3.34. The molecule has 0 atom stereocenters. The molecule has 0 aromatic heterocycles. The molecule has 96 valence electrons. The summed E-state index contributed by atoms with van der Waals surface area (Å²) >= 11 is 0. The smallest absolute Gasteiger partial charge is 0.0109 e. The molecule has 0 saturated carbocycles. The molecule has 1 N–H and O–H groups in total. The van der Waals surface area contributed by atoms with Crippen LogP contribution in [-0.4, -0.2) is 62.7 Å². The molecule has 0 aromatic rings. The Hall–Kier alpha value is -0.120. The van der Waals surface area contributed by atoms with Crippen molar-refractivity contribution in [3.63, 3.8) is 0 Å². The van der Waals surface area contributed by atoms with Crippen molar-refractivity contribution in [3.05, 3.63) is 0 Å². The topological polar surface area (TPSA) is 18.5 Å². The van der Waals surface area contributed by atoms with Crippen molar-refractivity contribution in [3.8, 4) is 0 Å². The average Bonchev–Trinajstić information content (AvgIpc) is 2.43. The highest BCUT2D eigenvalue weighted by molar-refractivity contribution is 4.77. The van der Waals surface area contributed by atoms with Crippen LogP contribution in [0.15, 0.2) is 0 Å². The van der Waals surface area contributed by atoms with Crippen LogP contribution in [0.1, 0.15) is 26.7 Å². The molecule has 0 bridgehead atoms. The van der Waals surface area contributed by atoms with Gasteiger partial charge in [-0.2, -0.15) is 0 Å². The van der Waals surface area contributed by atoms with Crippen LogP contribution >= 0.6 is 0 Å². The molecule has 3 heteroatoms. The number of hydrogen-bond donors (Lipinski definition) is 1. The first-order chi connectivity index (χ1) is 7.80. The minimum atomic E-state index is 0.797. The van der Waals surface area contributed by atoms with Crippen molar-refractivity contribution < 1.29 is 0 Å². The van der Waals surface area contributed by atoms with Crippen LogP contribution in [0.25, 0.3) is 0 Å². The van der Waals surface area contributed by atoms with E-state index in [2.05, 4.69) is 36.0 Å². The lowest BCUT2D eigenvalue weighted by molar-refractivity contribution is 0.256. The molecule has 0 aliphatic carbocycles. The molecule has 0 amide bonds. The van der Waals surface area contributed by atoms with Crippen molar-refractivity contribution in [1.29, 1.82) is 0 Å². The van der Waals surface area contributed by atoms with E-state index in [1.54, 1.807) is 0 Å². The van der Waals surface area contributed by atoms with Crippen LogP contribution in [0.2, 0.25) is 0 Å². The molecular formula is C13H29N3. The fourth-order valence-corrected chi connectivity index (χ4v) is 2.71. The van der Waals surface area contributed by atoms with E-state index < -0.39 is 0 Å². The second kappa shape index (κ2) is 8.04. The van der Waals surface area contributed by atoms with E-state index in [0.717, 1.165) is 12.5 Å². The first kappa shape index (κ1) is 13.9. The third kappa shape index (κ3) is 4.81. The standard InChI is InChI=1S/C13H29N3/c1-4-6-15-8-9-16(7-5-2)12-13(11-15)10-14-3/h13-14H,4-12H2,1-3H3. The Kier molecular flexibility index (Phi) is 7.01. The molecule has 0 radical (unpaired) electrons. The normalized spacial score (nSPS) is 21.2. The zero-order valence-corrected chi connectivity index (χ0v) is 11.3. The molecule has 3 nitrogen and oxygen atoms in total. The highest BCUT2D eigenvalue weighted by Crippen LogP contribution is 2.10. The molecular weight excluding hydrogens is 198 g/mol. The van der Waals surface area contributed by atoms with Crippen LogP contribution in [0.5, 0.6) is 0 Å². The van der Waals surface area contributed by atoms with Gasteiger partial charge in [-0.1, -0.05) is 13.8 Å². The summed E-state index contributed by atoms with van der Waals surface area (Å²) in [4.78, 5) is 5.27. The van der Waals surface area contributed by atoms with Gasteiger partial charge in [0, 0.05) is 32.7 Å². The lowest BCUT2D eigenvalue weighted by Gasteiger charge is -2.23. The van der Waals surface area contributed by atoms with Crippen molar-refractivity contribution in [2.45, 2.75) is 26.7 Å². The second-order valence-corrected chi connectivity index (χ2v) is 5.02. The van der Waals surface area contributed by atoms with Crippen LogP contribution in [-0.2, 0) is 0 Å². The quantitative estimate of drug-likeness (QED) is 0.737. The lowest BCUT2D eigenvalue weighted by Crippen LogP contribution is -2.35. The van der Waals surface area contributed by atoms with E-state index in [1.165, 1.54) is 52.1 Å². The first-order valence-corrected chi connectivity index (χ1v) is 6.89. The number of rotatable bonds is 6. The third-order valence-corrected chi connectivity index (χ3v) is 3.34. The zero-order valence-electron chi connectivity index (χ0n) is 11.3. The van der Waals surface area contributed by atoms with Crippen LogP contribution in [0.4, 0.5) is 0 Å². The summed E-state index contributed by atoms with van der Waals surface area (Å²) in [7, 11) is 2.07. The van der Waals surface area contributed by atoms with Crippen molar-refractivity contribution in [1.82, 2.24) is 15.1 Å². The molecule has 1 saturated heterocycles. The van der Waals surface area contributed by atoms with Crippen molar-refractivity contribution >= 4 is 0 Å². The molecule has 1 aliphatic heterocycles. The van der Waals surface area contributed by atoms with Crippen molar-refractivity contribution in [2.75, 3.05) is 52.9 Å². The SMILES string of the molecule is CCCN1CCN(CCC)CC(CNC)C1. The van der Waals surface area contributed by atoms with Gasteiger partial charge in [0.1, 0.15) is 0 Å². The van der Waals surface area contributed by atoms with Gasteiger partial charge in [-0.15, -0.1) is 0 Å². The first-order valence-electron chi connectivity index (χ1n) is 6.89. The maximum Gasteiger partial charge on any atom is 0.0109 e. The monoisotopic (exact) mass is 227 g/mol. The average molecular weight is 227 g/mol. The van der Waals surface area contributed by atoms with Gasteiger partial charge >= 0.3 is 0 Å². The molecule has 0 aromatic carbocycles. The molecule has 1 fully saturated rings. The van der Waals surface area contributed by atoms with Gasteiger partial charge in [-0.3, -0.25) is 0 Å². The van der Waals surface area contributed by atoms with Crippen molar-refractivity contribution in [2.24, 2.45) is 5.92 Å².